The standard InChI is InChI=1S/C18H19ClN4O2/c1-11-16(20)23-18(2,10-25-11)12-4-3-5-14(8-12)22-17(24)15-7-6-13(19)9-21-15/h3-9,11H,10H2,1-2H3,(H2,20,23)(H,22,24). The van der Waals surface area contributed by atoms with Gasteiger partial charge in [0.2, 0.25) is 0 Å². The van der Waals surface area contributed by atoms with Gasteiger partial charge in [0, 0.05) is 11.9 Å². The van der Waals surface area contributed by atoms with E-state index in [2.05, 4.69) is 15.3 Å². The molecule has 1 aliphatic heterocycles. The number of rotatable bonds is 3. The number of hydrogen-bond donors (Lipinski definition) is 2. The summed E-state index contributed by atoms with van der Waals surface area (Å²) in [5.41, 5.74) is 7.19. The highest BCUT2D eigenvalue weighted by atomic mass is 35.5. The molecule has 0 fully saturated rings. The fourth-order valence-electron chi connectivity index (χ4n) is 2.57. The number of amides is 1. The number of carbonyl (C=O) groups excluding carboxylic acids is 1. The highest BCUT2D eigenvalue weighted by molar-refractivity contribution is 6.30. The zero-order valence-corrected chi connectivity index (χ0v) is 14.7. The number of amidine groups is 1. The first-order valence-corrected chi connectivity index (χ1v) is 8.25. The molecule has 25 heavy (non-hydrogen) atoms. The van der Waals surface area contributed by atoms with E-state index < -0.39 is 5.54 Å². The molecule has 1 aromatic carbocycles. The predicted octanol–water partition coefficient (Wildman–Crippen LogP) is 2.98. The van der Waals surface area contributed by atoms with Crippen LogP contribution in [0, 0.1) is 0 Å². The van der Waals surface area contributed by atoms with Gasteiger partial charge in [0.05, 0.1) is 11.6 Å². The number of halogens is 1. The summed E-state index contributed by atoms with van der Waals surface area (Å²) >= 11 is 5.79. The van der Waals surface area contributed by atoms with E-state index in [1.165, 1.54) is 6.20 Å². The summed E-state index contributed by atoms with van der Waals surface area (Å²) in [6.07, 6.45) is 1.25. The summed E-state index contributed by atoms with van der Waals surface area (Å²) in [7, 11) is 0. The van der Waals surface area contributed by atoms with Crippen LogP contribution < -0.4 is 11.1 Å². The molecular formula is C18H19ClN4O2. The molecule has 1 aromatic heterocycles. The van der Waals surface area contributed by atoms with Crippen LogP contribution in [0.15, 0.2) is 47.6 Å². The molecule has 1 aliphatic rings. The predicted molar refractivity (Wildman–Crippen MR) is 98.0 cm³/mol. The topological polar surface area (TPSA) is 89.6 Å². The number of ether oxygens (including phenoxy) is 1. The van der Waals surface area contributed by atoms with Crippen LogP contribution in [0.5, 0.6) is 0 Å². The van der Waals surface area contributed by atoms with Gasteiger partial charge in [-0.3, -0.25) is 9.79 Å². The first-order valence-electron chi connectivity index (χ1n) is 7.88. The third-order valence-corrected chi connectivity index (χ3v) is 4.33. The van der Waals surface area contributed by atoms with Crippen LogP contribution in [0.2, 0.25) is 5.02 Å². The Morgan fingerprint density at radius 3 is 2.88 bits per heavy atom. The van der Waals surface area contributed by atoms with Gasteiger partial charge in [0.1, 0.15) is 23.2 Å². The Balaban J connectivity index is 1.82. The summed E-state index contributed by atoms with van der Waals surface area (Å²) in [5, 5.41) is 3.31. The third kappa shape index (κ3) is 3.81. The average Bonchev–Trinajstić information content (AvgIpc) is 2.59. The van der Waals surface area contributed by atoms with Crippen LogP contribution in [-0.4, -0.2) is 29.4 Å². The van der Waals surface area contributed by atoms with Gasteiger partial charge in [-0.25, -0.2) is 4.98 Å². The number of anilines is 1. The maximum Gasteiger partial charge on any atom is 0.274 e. The van der Waals surface area contributed by atoms with Crippen LogP contribution in [0.25, 0.3) is 0 Å². The van der Waals surface area contributed by atoms with Crippen molar-refractivity contribution in [1.29, 1.82) is 0 Å². The van der Waals surface area contributed by atoms with Gasteiger partial charge in [-0.2, -0.15) is 0 Å². The molecule has 1 amide bonds. The second-order valence-electron chi connectivity index (χ2n) is 6.16. The minimum atomic E-state index is -0.587. The number of carbonyl (C=O) groups is 1. The normalized spacial score (nSPS) is 23.0. The molecule has 0 bridgehead atoms. The molecule has 2 unspecified atom stereocenters. The largest absolute Gasteiger partial charge is 0.385 e. The van der Waals surface area contributed by atoms with E-state index in [4.69, 9.17) is 22.1 Å². The van der Waals surface area contributed by atoms with Gasteiger partial charge in [-0.05, 0) is 43.7 Å². The van der Waals surface area contributed by atoms with E-state index in [-0.39, 0.29) is 17.7 Å². The fraction of sp³-hybridized carbons (Fsp3) is 0.278. The van der Waals surface area contributed by atoms with E-state index >= 15 is 0 Å². The van der Waals surface area contributed by atoms with Crippen LogP contribution in [-0.2, 0) is 10.3 Å². The van der Waals surface area contributed by atoms with E-state index in [9.17, 15) is 4.79 Å². The number of pyridine rings is 1. The lowest BCUT2D eigenvalue weighted by molar-refractivity contribution is 0.0549. The lowest BCUT2D eigenvalue weighted by Gasteiger charge is -2.33. The third-order valence-electron chi connectivity index (χ3n) is 4.11. The van der Waals surface area contributed by atoms with E-state index in [0.29, 0.717) is 23.2 Å². The number of nitrogens with zero attached hydrogens (tertiary/aromatic N) is 2. The summed E-state index contributed by atoms with van der Waals surface area (Å²) in [6, 6.07) is 10.7. The number of aromatic nitrogens is 1. The molecule has 0 saturated heterocycles. The molecule has 0 radical (unpaired) electrons. The van der Waals surface area contributed by atoms with E-state index in [1.54, 1.807) is 18.2 Å². The Bertz CT molecular complexity index is 822. The summed E-state index contributed by atoms with van der Waals surface area (Å²) in [5.74, 6) is 0.157. The Kier molecular flexibility index (Phi) is 4.74. The van der Waals surface area contributed by atoms with Crippen molar-refractivity contribution in [2.24, 2.45) is 10.7 Å². The van der Waals surface area contributed by atoms with Crippen molar-refractivity contribution in [3.8, 4) is 0 Å². The SMILES string of the molecule is CC1OCC(C)(c2cccc(NC(=O)c3ccc(Cl)cn3)c2)N=C1N. The Morgan fingerprint density at radius 1 is 1.40 bits per heavy atom. The number of benzene rings is 1. The van der Waals surface area contributed by atoms with Crippen molar-refractivity contribution < 1.29 is 9.53 Å². The average molecular weight is 359 g/mol. The fourth-order valence-corrected chi connectivity index (χ4v) is 2.68. The van der Waals surface area contributed by atoms with Gasteiger partial charge >= 0.3 is 0 Å². The number of aliphatic imine (C=N–C) groups is 1. The van der Waals surface area contributed by atoms with Crippen LogP contribution >= 0.6 is 11.6 Å². The molecule has 130 valence electrons. The van der Waals surface area contributed by atoms with Gasteiger partial charge < -0.3 is 15.8 Å². The first-order chi connectivity index (χ1) is 11.9. The zero-order chi connectivity index (χ0) is 18.0. The van der Waals surface area contributed by atoms with E-state index in [0.717, 1.165) is 5.56 Å². The first kappa shape index (κ1) is 17.4. The molecular weight excluding hydrogens is 340 g/mol. The highest BCUT2D eigenvalue weighted by Gasteiger charge is 2.32. The highest BCUT2D eigenvalue weighted by Crippen LogP contribution is 2.31. The Hall–Kier alpha value is -2.44. The zero-order valence-electron chi connectivity index (χ0n) is 14.0. The maximum absolute atomic E-state index is 12.3. The molecule has 0 saturated carbocycles. The maximum atomic E-state index is 12.3. The quantitative estimate of drug-likeness (QED) is 0.882. The van der Waals surface area contributed by atoms with Crippen LogP contribution in [0.4, 0.5) is 5.69 Å². The molecule has 7 heteroatoms. The molecule has 2 atom stereocenters. The summed E-state index contributed by atoms with van der Waals surface area (Å²) in [6.45, 7) is 4.24. The molecule has 6 nitrogen and oxygen atoms in total. The molecule has 3 N–H and O–H groups in total. The van der Waals surface area contributed by atoms with Crippen molar-refractivity contribution in [3.05, 3.63) is 58.9 Å². The van der Waals surface area contributed by atoms with Crippen molar-refractivity contribution in [2.45, 2.75) is 25.5 Å². The molecule has 0 aliphatic carbocycles. The van der Waals surface area contributed by atoms with Gasteiger partial charge in [0.15, 0.2) is 0 Å². The number of nitrogens with two attached hydrogens (primary N) is 1. The van der Waals surface area contributed by atoms with Crippen LogP contribution in [0.3, 0.4) is 0 Å². The molecule has 2 heterocycles. The molecule has 0 spiro atoms. The van der Waals surface area contributed by atoms with Crippen molar-refractivity contribution in [1.82, 2.24) is 4.98 Å². The van der Waals surface area contributed by atoms with Crippen LogP contribution in [0.1, 0.15) is 29.9 Å². The monoisotopic (exact) mass is 358 g/mol. The van der Waals surface area contributed by atoms with Crippen molar-refractivity contribution >= 4 is 29.0 Å². The summed E-state index contributed by atoms with van der Waals surface area (Å²) < 4.78 is 5.70. The van der Waals surface area contributed by atoms with E-state index in [1.807, 2.05) is 32.0 Å². The summed E-state index contributed by atoms with van der Waals surface area (Å²) in [4.78, 5) is 20.9. The van der Waals surface area contributed by atoms with Crippen molar-refractivity contribution in [3.63, 3.8) is 0 Å². The van der Waals surface area contributed by atoms with Gasteiger partial charge in [0.25, 0.3) is 5.91 Å². The second-order valence-corrected chi connectivity index (χ2v) is 6.60. The van der Waals surface area contributed by atoms with Gasteiger partial charge in [-0.1, -0.05) is 23.7 Å². The number of nitrogens with one attached hydrogen (secondary N) is 1. The molecule has 2 aromatic rings. The molecule has 3 rings (SSSR count). The Labute approximate surface area is 151 Å². The minimum absolute atomic E-state index is 0.188. The lowest BCUT2D eigenvalue weighted by Crippen LogP contribution is -2.42. The van der Waals surface area contributed by atoms with Crippen molar-refractivity contribution in [2.75, 3.05) is 11.9 Å². The second kappa shape index (κ2) is 6.82. The minimum Gasteiger partial charge on any atom is -0.385 e. The number of hydrogen-bond acceptors (Lipinski definition) is 5. The lowest BCUT2D eigenvalue weighted by atomic mass is 9.92. The van der Waals surface area contributed by atoms with Gasteiger partial charge in [-0.15, -0.1) is 0 Å². The smallest absolute Gasteiger partial charge is 0.274 e. The Morgan fingerprint density at radius 2 is 2.20 bits per heavy atom.